The minimum absolute atomic E-state index is 0.0162. The van der Waals surface area contributed by atoms with Crippen LogP contribution in [0, 0.1) is 17.6 Å². The van der Waals surface area contributed by atoms with Crippen molar-refractivity contribution in [1.82, 2.24) is 4.31 Å². The summed E-state index contributed by atoms with van der Waals surface area (Å²) in [7, 11) is -7.72. The molecule has 152 valence electrons. The highest BCUT2D eigenvalue weighted by Gasteiger charge is 2.30. The van der Waals surface area contributed by atoms with Crippen LogP contribution in [0.4, 0.5) is 8.78 Å². The third-order valence-corrected chi connectivity index (χ3v) is 7.79. The highest BCUT2D eigenvalue weighted by Crippen LogP contribution is 2.25. The van der Waals surface area contributed by atoms with Crippen LogP contribution in [0.25, 0.3) is 0 Å². The van der Waals surface area contributed by atoms with Gasteiger partial charge in [0.15, 0.2) is 0 Å². The third-order valence-electron chi connectivity index (χ3n) is 4.59. The van der Waals surface area contributed by atoms with E-state index in [1.54, 1.807) is 0 Å². The average Bonchev–Trinajstić information content (AvgIpc) is 2.67. The Bertz CT molecular complexity index is 1010. The molecule has 0 atom stereocenters. The topological polar surface area (TPSA) is 80.8 Å². The first-order valence-corrected chi connectivity index (χ1v) is 11.4. The van der Waals surface area contributed by atoms with E-state index in [0.29, 0.717) is 12.8 Å². The van der Waals surface area contributed by atoms with Crippen molar-refractivity contribution in [3.8, 4) is 0 Å². The van der Waals surface area contributed by atoms with Crippen LogP contribution in [0.3, 0.4) is 0 Å². The van der Waals surface area contributed by atoms with Gasteiger partial charge in [0.25, 0.3) is 10.1 Å². The Morgan fingerprint density at radius 1 is 0.821 bits per heavy atom. The van der Waals surface area contributed by atoms with Gasteiger partial charge in [-0.25, -0.2) is 17.2 Å². The van der Waals surface area contributed by atoms with Gasteiger partial charge >= 0.3 is 0 Å². The van der Waals surface area contributed by atoms with Crippen molar-refractivity contribution in [3.05, 3.63) is 60.2 Å². The number of rotatable bonds is 6. The smallest absolute Gasteiger partial charge is 0.266 e. The number of benzene rings is 2. The number of nitrogens with zero attached hydrogens (tertiary/aromatic N) is 1. The summed E-state index contributed by atoms with van der Waals surface area (Å²) in [5.41, 5.74) is 0. The van der Waals surface area contributed by atoms with Gasteiger partial charge in [-0.2, -0.15) is 12.7 Å². The summed E-state index contributed by atoms with van der Waals surface area (Å²) in [4.78, 5) is -0.118. The lowest BCUT2D eigenvalue weighted by Crippen LogP contribution is -2.39. The third kappa shape index (κ3) is 4.75. The molecule has 0 radical (unpaired) electrons. The molecule has 1 fully saturated rings. The van der Waals surface area contributed by atoms with Crippen molar-refractivity contribution in [2.75, 3.05) is 19.7 Å². The van der Waals surface area contributed by atoms with Gasteiger partial charge in [-0.1, -0.05) is 0 Å². The number of piperidine rings is 1. The molecule has 0 unspecified atom stereocenters. The van der Waals surface area contributed by atoms with E-state index in [9.17, 15) is 25.6 Å². The minimum atomic E-state index is -4.00. The largest absolute Gasteiger partial charge is 0.296 e. The first-order chi connectivity index (χ1) is 13.2. The number of hydrogen-bond acceptors (Lipinski definition) is 5. The second kappa shape index (κ2) is 8.24. The Hall–Kier alpha value is -1.88. The Morgan fingerprint density at radius 3 is 1.79 bits per heavy atom. The molecule has 1 heterocycles. The molecule has 0 bridgehead atoms. The molecule has 6 nitrogen and oxygen atoms in total. The summed E-state index contributed by atoms with van der Waals surface area (Å²) in [5.74, 6) is -1.19. The SMILES string of the molecule is O=S(=O)(OCC1CCN(S(=O)(=O)c2ccc(F)cc2)CC1)c1ccc(F)cc1. The zero-order valence-electron chi connectivity index (χ0n) is 14.8. The molecule has 0 aromatic heterocycles. The van der Waals surface area contributed by atoms with Crippen molar-refractivity contribution >= 4 is 20.1 Å². The van der Waals surface area contributed by atoms with Crippen LogP contribution in [0.1, 0.15) is 12.8 Å². The highest BCUT2D eigenvalue weighted by atomic mass is 32.2. The molecule has 0 saturated carbocycles. The van der Waals surface area contributed by atoms with Crippen LogP contribution >= 0.6 is 0 Å². The maximum Gasteiger partial charge on any atom is 0.296 e. The summed E-state index contributed by atoms with van der Waals surface area (Å²) in [6.07, 6.45) is 0.860. The molecule has 0 amide bonds. The van der Waals surface area contributed by atoms with E-state index < -0.39 is 31.8 Å². The summed E-state index contributed by atoms with van der Waals surface area (Å²) in [6.45, 7) is 0.346. The molecule has 0 aliphatic carbocycles. The molecular formula is C18H19F2NO5S2. The Balaban J connectivity index is 1.57. The molecule has 0 N–H and O–H groups in total. The highest BCUT2D eigenvalue weighted by molar-refractivity contribution is 7.89. The summed E-state index contributed by atoms with van der Waals surface area (Å²) >= 11 is 0. The van der Waals surface area contributed by atoms with Crippen molar-refractivity contribution in [2.24, 2.45) is 5.92 Å². The first-order valence-electron chi connectivity index (χ1n) is 8.59. The molecule has 0 spiro atoms. The van der Waals surface area contributed by atoms with E-state index in [1.807, 2.05) is 0 Å². The normalized spacial score (nSPS) is 16.9. The molecule has 2 aromatic carbocycles. The van der Waals surface area contributed by atoms with Crippen molar-refractivity contribution in [3.63, 3.8) is 0 Å². The van der Waals surface area contributed by atoms with Crippen LogP contribution in [0.2, 0.25) is 0 Å². The number of halogens is 2. The maximum atomic E-state index is 13.0. The molecular weight excluding hydrogens is 412 g/mol. The Morgan fingerprint density at radius 2 is 1.29 bits per heavy atom. The van der Waals surface area contributed by atoms with E-state index in [1.165, 1.54) is 16.4 Å². The van der Waals surface area contributed by atoms with Gasteiger partial charge in [-0.3, -0.25) is 4.18 Å². The summed E-state index contributed by atoms with van der Waals surface area (Å²) in [5, 5.41) is 0. The van der Waals surface area contributed by atoms with Crippen LogP contribution in [-0.2, 0) is 24.3 Å². The number of sulfonamides is 1. The van der Waals surface area contributed by atoms with Gasteiger partial charge in [0, 0.05) is 13.1 Å². The van der Waals surface area contributed by atoms with Gasteiger partial charge < -0.3 is 0 Å². The summed E-state index contributed by atoms with van der Waals surface area (Å²) < 4.78 is 81.7. The van der Waals surface area contributed by atoms with Crippen LogP contribution in [0.5, 0.6) is 0 Å². The molecule has 3 rings (SSSR count). The Kier molecular flexibility index (Phi) is 6.13. The fourth-order valence-corrected chi connectivity index (χ4v) is 5.37. The van der Waals surface area contributed by atoms with Gasteiger partial charge in [-0.05, 0) is 67.3 Å². The predicted molar refractivity (Wildman–Crippen MR) is 97.4 cm³/mol. The van der Waals surface area contributed by atoms with Gasteiger partial charge in [0.1, 0.15) is 11.6 Å². The van der Waals surface area contributed by atoms with E-state index in [-0.39, 0.29) is 35.4 Å². The van der Waals surface area contributed by atoms with Gasteiger partial charge in [0.05, 0.1) is 16.4 Å². The standard InChI is InChI=1S/C18H19F2NO5S2/c19-15-1-5-17(6-2-15)27(22,23)21-11-9-14(10-12-21)13-26-28(24,25)18-7-3-16(20)4-8-18/h1-8,14H,9-13H2. The van der Waals surface area contributed by atoms with E-state index in [0.717, 1.165) is 36.4 Å². The van der Waals surface area contributed by atoms with E-state index >= 15 is 0 Å². The van der Waals surface area contributed by atoms with Crippen molar-refractivity contribution < 1.29 is 29.8 Å². The monoisotopic (exact) mass is 431 g/mol. The summed E-state index contributed by atoms with van der Waals surface area (Å²) in [6, 6.07) is 8.95. The lowest BCUT2D eigenvalue weighted by molar-refractivity contribution is 0.189. The fraction of sp³-hybridized carbons (Fsp3) is 0.333. The van der Waals surface area contributed by atoms with E-state index in [2.05, 4.69) is 0 Å². The molecule has 1 aliphatic rings. The molecule has 28 heavy (non-hydrogen) atoms. The average molecular weight is 431 g/mol. The Labute approximate surface area is 162 Å². The van der Waals surface area contributed by atoms with Crippen molar-refractivity contribution in [2.45, 2.75) is 22.6 Å². The van der Waals surface area contributed by atoms with Crippen molar-refractivity contribution in [1.29, 1.82) is 0 Å². The van der Waals surface area contributed by atoms with Crippen LogP contribution in [-0.4, -0.2) is 40.8 Å². The first kappa shape index (κ1) is 20.8. The van der Waals surface area contributed by atoms with E-state index in [4.69, 9.17) is 4.18 Å². The molecule has 1 aliphatic heterocycles. The zero-order chi connectivity index (χ0) is 20.4. The molecule has 1 saturated heterocycles. The van der Waals surface area contributed by atoms with Gasteiger partial charge in [0.2, 0.25) is 10.0 Å². The fourth-order valence-electron chi connectivity index (χ4n) is 2.93. The predicted octanol–water partition coefficient (Wildman–Crippen LogP) is 2.77. The second-order valence-corrected chi connectivity index (χ2v) is 10.0. The minimum Gasteiger partial charge on any atom is -0.266 e. The number of hydrogen-bond donors (Lipinski definition) is 0. The van der Waals surface area contributed by atoms with Crippen LogP contribution < -0.4 is 0 Å². The second-order valence-electron chi connectivity index (χ2n) is 6.49. The molecule has 10 heteroatoms. The lowest BCUT2D eigenvalue weighted by Gasteiger charge is -2.30. The van der Waals surface area contributed by atoms with Crippen LogP contribution in [0.15, 0.2) is 58.3 Å². The molecule has 2 aromatic rings. The van der Waals surface area contributed by atoms with Gasteiger partial charge in [-0.15, -0.1) is 0 Å². The maximum absolute atomic E-state index is 13.0. The zero-order valence-corrected chi connectivity index (χ0v) is 16.4. The quantitative estimate of drug-likeness (QED) is 0.657. The lowest BCUT2D eigenvalue weighted by atomic mass is 10.00.